The molecule has 1 rings (SSSR count). The van der Waals surface area contributed by atoms with E-state index in [1.807, 2.05) is 0 Å². The van der Waals surface area contributed by atoms with Crippen LogP contribution in [0, 0.1) is 0 Å². The van der Waals surface area contributed by atoms with Crippen LogP contribution in [-0.2, 0) is 9.53 Å². The van der Waals surface area contributed by atoms with Crippen LogP contribution in [0.2, 0.25) is 0 Å². The van der Waals surface area contributed by atoms with Crippen molar-refractivity contribution in [2.24, 2.45) is 0 Å². The zero-order valence-electron chi connectivity index (χ0n) is 11.6. The normalized spacial score (nSPS) is 24.0. The van der Waals surface area contributed by atoms with E-state index in [4.69, 9.17) is 4.74 Å². The van der Waals surface area contributed by atoms with Crippen LogP contribution < -0.4 is 0 Å². The van der Waals surface area contributed by atoms with Crippen LogP contribution in [0.4, 0.5) is 4.79 Å². The summed E-state index contributed by atoms with van der Waals surface area (Å²) in [6.45, 7) is 5.43. The smallest absolute Gasteiger partial charge is 0.411 e. The summed E-state index contributed by atoms with van der Waals surface area (Å²) >= 11 is 0. The van der Waals surface area contributed by atoms with Crippen LogP contribution in [0.25, 0.3) is 0 Å². The summed E-state index contributed by atoms with van der Waals surface area (Å²) in [5.41, 5.74) is -0.615. The third-order valence-electron chi connectivity index (χ3n) is 2.63. The Morgan fingerprint density at radius 1 is 1.33 bits per heavy atom. The summed E-state index contributed by atoms with van der Waals surface area (Å²) in [4.78, 5) is 26.6. The van der Waals surface area contributed by atoms with Gasteiger partial charge < -0.3 is 14.7 Å². The summed E-state index contributed by atoms with van der Waals surface area (Å²) in [6, 6.07) is -0.634. The Bertz CT molecular complexity index is 335. The molecule has 1 saturated heterocycles. The highest BCUT2D eigenvalue weighted by Gasteiger charge is 2.41. The average Bonchev–Trinajstić information content (AvgIpc) is 2.56. The molecule has 0 spiro atoms. The number of likely N-dealkylation sites (tertiary alicyclic amines) is 1. The van der Waals surface area contributed by atoms with Crippen molar-refractivity contribution in [3.63, 3.8) is 0 Å². The van der Waals surface area contributed by atoms with Crippen LogP contribution in [0.3, 0.4) is 0 Å². The lowest BCUT2D eigenvalue weighted by Crippen LogP contribution is -2.47. The number of nitrogens with zero attached hydrogens (tertiary/aromatic N) is 2. The summed E-state index contributed by atoms with van der Waals surface area (Å²) in [5, 5.41) is 9.63. The van der Waals surface area contributed by atoms with E-state index in [1.54, 1.807) is 34.9 Å². The molecule has 1 aliphatic rings. The molecule has 1 heterocycles. The lowest BCUT2D eigenvalue weighted by atomic mass is 10.2. The summed E-state index contributed by atoms with van der Waals surface area (Å²) < 4.78 is 5.24. The van der Waals surface area contributed by atoms with Crippen LogP contribution >= 0.6 is 0 Å². The average molecular weight is 258 g/mol. The van der Waals surface area contributed by atoms with Gasteiger partial charge in [-0.05, 0) is 20.8 Å². The van der Waals surface area contributed by atoms with Gasteiger partial charge in [-0.15, -0.1) is 0 Å². The first-order chi connectivity index (χ1) is 8.11. The first kappa shape index (κ1) is 14.8. The highest BCUT2D eigenvalue weighted by molar-refractivity contribution is 5.86. The quantitative estimate of drug-likeness (QED) is 0.741. The predicted octanol–water partition coefficient (Wildman–Crippen LogP) is 0.445. The van der Waals surface area contributed by atoms with Crippen molar-refractivity contribution in [3.8, 4) is 0 Å². The molecule has 1 N–H and O–H groups in total. The van der Waals surface area contributed by atoms with E-state index in [2.05, 4.69) is 0 Å². The van der Waals surface area contributed by atoms with E-state index in [0.29, 0.717) is 0 Å². The number of aliphatic hydroxyl groups is 1. The number of carbonyl (C=O) groups is 2. The van der Waals surface area contributed by atoms with Crippen molar-refractivity contribution in [1.82, 2.24) is 9.80 Å². The summed E-state index contributed by atoms with van der Waals surface area (Å²) in [7, 11) is 3.25. The molecule has 18 heavy (non-hydrogen) atoms. The second kappa shape index (κ2) is 5.14. The molecule has 6 heteroatoms. The minimum absolute atomic E-state index is 0.138. The van der Waals surface area contributed by atoms with Crippen molar-refractivity contribution in [2.45, 2.75) is 44.9 Å². The molecule has 0 aromatic rings. The standard InChI is InChI=1S/C12H22N2O4/c1-12(2,3)18-11(17)14-7-8(15)6-9(14)10(16)13(4)5/h8-9,15H,6-7H2,1-5H3/t8-,9-/m0/s1. The van der Waals surface area contributed by atoms with Gasteiger partial charge in [-0.2, -0.15) is 0 Å². The first-order valence-electron chi connectivity index (χ1n) is 6.00. The fraction of sp³-hybridized carbons (Fsp3) is 0.833. The van der Waals surface area contributed by atoms with E-state index < -0.39 is 23.8 Å². The topological polar surface area (TPSA) is 70.1 Å². The highest BCUT2D eigenvalue weighted by atomic mass is 16.6. The minimum Gasteiger partial charge on any atom is -0.444 e. The van der Waals surface area contributed by atoms with Gasteiger partial charge in [-0.25, -0.2) is 4.79 Å². The third kappa shape index (κ3) is 3.60. The molecule has 104 valence electrons. The maximum atomic E-state index is 12.0. The fourth-order valence-corrected chi connectivity index (χ4v) is 1.87. The number of rotatable bonds is 1. The maximum Gasteiger partial charge on any atom is 0.411 e. The number of carbonyl (C=O) groups excluding carboxylic acids is 2. The Morgan fingerprint density at radius 3 is 2.33 bits per heavy atom. The van der Waals surface area contributed by atoms with Crippen LogP contribution in [0.1, 0.15) is 27.2 Å². The van der Waals surface area contributed by atoms with Crippen molar-refractivity contribution in [2.75, 3.05) is 20.6 Å². The fourth-order valence-electron chi connectivity index (χ4n) is 1.87. The van der Waals surface area contributed by atoms with Crippen LogP contribution in [0.5, 0.6) is 0 Å². The van der Waals surface area contributed by atoms with Crippen molar-refractivity contribution in [3.05, 3.63) is 0 Å². The molecule has 0 unspecified atom stereocenters. The van der Waals surface area contributed by atoms with Gasteiger partial charge in [0.25, 0.3) is 0 Å². The van der Waals surface area contributed by atoms with Gasteiger partial charge in [-0.1, -0.05) is 0 Å². The number of amides is 2. The van der Waals surface area contributed by atoms with Gasteiger partial charge in [0, 0.05) is 20.5 Å². The Kier molecular flexibility index (Phi) is 4.21. The summed E-state index contributed by atoms with van der Waals surface area (Å²) in [6.07, 6.45) is -0.971. The molecule has 6 nitrogen and oxygen atoms in total. The van der Waals surface area contributed by atoms with E-state index in [1.165, 1.54) is 9.80 Å². The van der Waals surface area contributed by atoms with Crippen molar-refractivity contribution < 1.29 is 19.4 Å². The van der Waals surface area contributed by atoms with E-state index in [9.17, 15) is 14.7 Å². The molecule has 0 saturated carbocycles. The van der Waals surface area contributed by atoms with E-state index in [-0.39, 0.29) is 18.9 Å². The molecule has 1 aliphatic heterocycles. The van der Waals surface area contributed by atoms with Gasteiger partial charge in [0.1, 0.15) is 11.6 Å². The lowest BCUT2D eigenvalue weighted by Gasteiger charge is -2.28. The van der Waals surface area contributed by atoms with E-state index in [0.717, 1.165) is 0 Å². The minimum atomic E-state index is -0.675. The molecular formula is C12H22N2O4. The number of hydrogen-bond donors (Lipinski definition) is 1. The third-order valence-corrected chi connectivity index (χ3v) is 2.63. The molecule has 2 amide bonds. The molecular weight excluding hydrogens is 236 g/mol. The summed E-state index contributed by atoms with van der Waals surface area (Å²) in [5.74, 6) is -0.197. The maximum absolute atomic E-state index is 12.0. The highest BCUT2D eigenvalue weighted by Crippen LogP contribution is 2.22. The van der Waals surface area contributed by atoms with Gasteiger partial charge >= 0.3 is 6.09 Å². The Morgan fingerprint density at radius 2 is 1.89 bits per heavy atom. The molecule has 0 aliphatic carbocycles. The Balaban J connectivity index is 2.79. The number of aliphatic hydroxyl groups excluding tert-OH is 1. The van der Waals surface area contributed by atoms with Gasteiger partial charge in [0.2, 0.25) is 5.91 Å². The number of hydrogen-bond acceptors (Lipinski definition) is 4. The van der Waals surface area contributed by atoms with Crippen molar-refractivity contribution in [1.29, 1.82) is 0 Å². The number of likely N-dealkylation sites (N-methyl/N-ethyl adjacent to an activating group) is 1. The zero-order valence-corrected chi connectivity index (χ0v) is 11.6. The van der Waals surface area contributed by atoms with Gasteiger partial charge in [0.05, 0.1) is 12.6 Å². The molecule has 0 radical (unpaired) electrons. The molecule has 0 aromatic carbocycles. The van der Waals surface area contributed by atoms with Crippen LogP contribution in [-0.4, -0.2) is 65.3 Å². The first-order valence-corrected chi connectivity index (χ1v) is 6.00. The zero-order chi connectivity index (χ0) is 14.1. The molecule has 0 aromatic heterocycles. The second-order valence-corrected chi connectivity index (χ2v) is 5.77. The molecule has 1 fully saturated rings. The Hall–Kier alpha value is -1.30. The SMILES string of the molecule is CN(C)C(=O)[C@@H]1C[C@H](O)CN1C(=O)OC(C)(C)C. The van der Waals surface area contributed by atoms with Crippen LogP contribution in [0.15, 0.2) is 0 Å². The largest absolute Gasteiger partial charge is 0.444 e. The number of β-amino-alcohol motifs (C(OH)–C–C–N with tert-alkyl or cyclic N) is 1. The molecule has 0 bridgehead atoms. The molecule has 2 atom stereocenters. The van der Waals surface area contributed by atoms with Gasteiger partial charge in [-0.3, -0.25) is 9.69 Å². The Labute approximate surface area is 107 Å². The number of ether oxygens (including phenoxy) is 1. The monoisotopic (exact) mass is 258 g/mol. The van der Waals surface area contributed by atoms with E-state index >= 15 is 0 Å². The van der Waals surface area contributed by atoms with Gasteiger partial charge in [0.15, 0.2) is 0 Å². The predicted molar refractivity (Wildman–Crippen MR) is 66.0 cm³/mol. The second-order valence-electron chi connectivity index (χ2n) is 5.77. The lowest BCUT2D eigenvalue weighted by molar-refractivity contribution is -0.133. The van der Waals surface area contributed by atoms with Crippen molar-refractivity contribution >= 4 is 12.0 Å².